The van der Waals surface area contributed by atoms with Crippen LogP contribution in [0.4, 0.5) is 0 Å². The van der Waals surface area contributed by atoms with E-state index >= 15 is 0 Å². The standard InChI is InChI=1S/C18H26N2OS2/c1-6-12-22-17(3,4)15(21)19-16-20-18(5,13(2)23-16)14-10-8-7-9-11-14/h7-11,13H,6,12H2,1-5H3,(H,19,20,21)/t13?,18-/m0/s1. The van der Waals surface area contributed by atoms with Gasteiger partial charge in [0.25, 0.3) is 0 Å². The van der Waals surface area contributed by atoms with E-state index in [2.05, 4.69) is 38.2 Å². The fourth-order valence-electron chi connectivity index (χ4n) is 2.41. The number of carbonyl (C=O) groups is 1. The highest BCUT2D eigenvalue weighted by atomic mass is 32.2. The van der Waals surface area contributed by atoms with Crippen LogP contribution >= 0.6 is 23.5 Å². The summed E-state index contributed by atoms with van der Waals surface area (Å²) in [5.74, 6) is 1.02. The predicted octanol–water partition coefficient (Wildman–Crippen LogP) is 4.43. The minimum Gasteiger partial charge on any atom is -0.304 e. The molecule has 126 valence electrons. The molecule has 1 aliphatic rings. The molecule has 3 nitrogen and oxygen atoms in total. The van der Waals surface area contributed by atoms with Gasteiger partial charge in [0, 0.05) is 5.25 Å². The summed E-state index contributed by atoms with van der Waals surface area (Å²) in [4.78, 5) is 17.4. The van der Waals surface area contributed by atoms with Crippen molar-refractivity contribution in [2.24, 2.45) is 4.99 Å². The number of rotatable bonds is 5. The zero-order valence-corrected chi connectivity index (χ0v) is 16.2. The van der Waals surface area contributed by atoms with Crippen LogP contribution in [0.2, 0.25) is 0 Å². The fourth-order valence-corrected chi connectivity index (χ4v) is 4.46. The number of amidine groups is 1. The molecule has 0 bridgehead atoms. The maximum absolute atomic E-state index is 12.6. The Hall–Kier alpha value is -0.940. The van der Waals surface area contributed by atoms with Crippen LogP contribution in [-0.2, 0) is 10.3 Å². The van der Waals surface area contributed by atoms with Crippen LogP contribution < -0.4 is 5.32 Å². The molecule has 0 spiro atoms. The second-order valence-corrected chi connectivity index (χ2v) is 9.55. The Morgan fingerprint density at radius 2 is 2.04 bits per heavy atom. The summed E-state index contributed by atoms with van der Waals surface area (Å²) >= 11 is 3.34. The normalized spacial score (nSPS) is 24.4. The van der Waals surface area contributed by atoms with Crippen LogP contribution in [-0.4, -0.2) is 26.8 Å². The summed E-state index contributed by atoms with van der Waals surface area (Å²) in [6, 6.07) is 10.3. The van der Waals surface area contributed by atoms with E-state index in [1.807, 2.05) is 32.0 Å². The van der Waals surface area contributed by atoms with E-state index in [4.69, 9.17) is 4.99 Å². The average molecular weight is 351 g/mol. The highest BCUT2D eigenvalue weighted by Crippen LogP contribution is 2.42. The minimum atomic E-state index is -0.436. The first-order valence-corrected chi connectivity index (χ1v) is 9.93. The molecule has 1 amide bonds. The summed E-state index contributed by atoms with van der Waals surface area (Å²) in [5.41, 5.74) is 0.888. The van der Waals surface area contributed by atoms with E-state index in [0.29, 0.717) is 0 Å². The van der Waals surface area contributed by atoms with Crippen molar-refractivity contribution in [3.8, 4) is 0 Å². The Balaban J connectivity index is 2.13. The number of aliphatic imine (C=N–C) groups is 1. The molecule has 1 aliphatic heterocycles. The molecule has 1 aromatic rings. The quantitative estimate of drug-likeness (QED) is 0.854. The van der Waals surface area contributed by atoms with Gasteiger partial charge < -0.3 is 5.32 Å². The maximum Gasteiger partial charge on any atom is 0.241 e. The number of hydrogen-bond donors (Lipinski definition) is 1. The van der Waals surface area contributed by atoms with E-state index < -0.39 is 4.75 Å². The van der Waals surface area contributed by atoms with Crippen molar-refractivity contribution in [1.29, 1.82) is 0 Å². The van der Waals surface area contributed by atoms with Gasteiger partial charge in [-0.3, -0.25) is 4.79 Å². The van der Waals surface area contributed by atoms with E-state index in [1.165, 1.54) is 5.56 Å². The lowest BCUT2D eigenvalue weighted by atomic mass is 9.90. The average Bonchev–Trinajstić information content (AvgIpc) is 2.81. The smallest absolute Gasteiger partial charge is 0.241 e. The molecule has 1 heterocycles. The molecule has 0 aromatic heterocycles. The highest BCUT2D eigenvalue weighted by Gasteiger charge is 2.41. The van der Waals surface area contributed by atoms with Gasteiger partial charge in [-0.15, -0.1) is 11.8 Å². The Morgan fingerprint density at radius 3 is 2.65 bits per heavy atom. The van der Waals surface area contributed by atoms with Crippen molar-refractivity contribution >= 4 is 34.6 Å². The fraction of sp³-hybridized carbons (Fsp3) is 0.556. The van der Waals surface area contributed by atoms with Gasteiger partial charge in [-0.25, -0.2) is 4.99 Å². The Kier molecular flexibility index (Phi) is 5.84. The summed E-state index contributed by atoms with van der Waals surface area (Å²) in [6.45, 7) is 10.4. The lowest BCUT2D eigenvalue weighted by Gasteiger charge is -2.25. The zero-order chi connectivity index (χ0) is 17.1. The van der Waals surface area contributed by atoms with Crippen LogP contribution in [0.1, 0.15) is 46.6 Å². The third-order valence-electron chi connectivity index (χ3n) is 4.21. The molecule has 0 aliphatic carbocycles. The molecule has 0 saturated heterocycles. The number of nitrogens with zero attached hydrogens (tertiary/aromatic N) is 1. The van der Waals surface area contributed by atoms with Gasteiger partial charge in [-0.05, 0) is 38.5 Å². The van der Waals surface area contributed by atoms with Gasteiger partial charge in [0.2, 0.25) is 5.91 Å². The molecule has 1 N–H and O–H groups in total. The second-order valence-electron chi connectivity index (χ2n) is 6.50. The monoisotopic (exact) mass is 350 g/mol. The van der Waals surface area contributed by atoms with Gasteiger partial charge in [-0.1, -0.05) is 55.9 Å². The summed E-state index contributed by atoms with van der Waals surface area (Å²) in [7, 11) is 0. The Bertz CT molecular complexity index is 586. The number of nitrogens with one attached hydrogen (secondary N) is 1. The van der Waals surface area contributed by atoms with E-state index in [9.17, 15) is 4.79 Å². The first kappa shape index (κ1) is 18.4. The predicted molar refractivity (Wildman–Crippen MR) is 103 cm³/mol. The molecular formula is C18H26N2OS2. The van der Waals surface area contributed by atoms with Crippen LogP contribution in [0.3, 0.4) is 0 Å². The Morgan fingerprint density at radius 1 is 1.39 bits per heavy atom. The van der Waals surface area contributed by atoms with Gasteiger partial charge in [0.15, 0.2) is 5.17 Å². The summed E-state index contributed by atoms with van der Waals surface area (Å²) in [6.07, 6.45) is 1.07. The van der Waals surface area contributed by atoms with Crippen molar-refractivity contribution in [1.82, 2.24) is 5.32 Å². The van der Waals surface area contributed by atoms with Crippen molar-refractivity contribution < 1.29 is 4.79 Å². The maximum atomic E-state index is 12.6. The van der Waals surface area contributed by atoms with E-state index in [-0.39, 0.29) is 16.7 Å². The molecular weight excluding hydrogens is 324 g/mol. The minimum absolute atomic E-state index is 0.0340. The molecule has 0 radical (unpaired) electrons. The van der Waals surface area contributed by atoms with Crippen LogP contribution in [0.25, 0.3) is 0 Å². The van der Waals surface area contributed by atoms with Crippen molar-refractivity contribution in [3.05, 3.63) is 35.9 Å². The molecule has 0 saturated carbocycles. The van der Waals surface area contributed by atoms with Crippen LogP contribution in [0.5, 0.6) is 0 Å². The van der Waals surface area contributed by atoms with Crippen molar-refractivity contribution in [3.63, 3.8) is 0 Å². The number of carbonyl (C=O) groups excluding carboxylic acids is 1. The van der Waals surface area contributed by atoms with Gasteiger partial charge in [-0.2, -0.15) is 0 Å². The highest BCUT2D eigenvalue weighted by molar-refractivity contribution is 8.14. The first-order valence-electron chi connectivity index (χ1n) is 8.07. The van der Waals surface area contributed by atoms with Gasteiger partial charge in [0.1, 0.15) is 0 Å². The summed E-state index contributed by atoms with van der Waals surface area (Å²) < 4.78 is -0.436. The lowest BCUT2D eigenvalue weighted by molar-refractivity contribution is -0.121. The van der Waals surface area contributed by atoms with E-state index in [1.54, 1.807) is 23.5 Å². The number of thioether (sulfide) groups is 2. The van der Waals surface area contributed by atoms with Crippen molar-refractivity contribution in [2.75, 3.05) is 5.75 Å². The second kappa shape index (κ2) is 7.31. The number of hydrogen-bond acceptors (Lipinski definition) is 4. The third-order valence-corrected chi connectivity index (χ3v) is 6.95. The largest absolute Gasteiger partial charge is 0.304 e. The van der Waals surface area contributed by atoms with Gasteiger partial charge in [0.05, 0.1) is 10.3 Å². The van der Waals surface area contributed by atoms with Crippen LogP contribution in [0.15, 0.2) is 35.3 Å². The third kappa shape index (κ3) is 4.13. The SMILES string of the molecule is CCCSC(C)(C)C(=O)NC1=N[C@](C)(c2ccccc2)C(C)S1. The molecule has 0 fully saturated rings. The molecule has 2 atom stereocenters. The molecule has 5 heteroatoms. The van der Waals surface area contributed by atoms with E-state index in [0.717, 1.165) is 17.3 Å². The summed E-state index contributed by atoms with van der Waals surface area (Å²) in [5, 5.41) is 4.06. The Labute approximate surface area is 148 Å². The van der Waals surface area contributed by atoms with Gasteiger partial charge >= 0.3 is 0 Å². The van der Waals surface area contributed by atoms with Crippen molar-refractivity contribution in [2.45, 2.75) is 56.6 Å². The molecule has 2 rings (SSSR count). The molecule has 1 unspecified atom stereocenters. The topological polar surface area (TPSA) is 41.5 Å². The van der Waals surface area contributed by atoms with Crippen LogP contribution in [0, 0.1) is 0 Å². The first-order chi connectivity index (χ1) is 10.8. The number of benzene rings is 1. The zero-order valence-electron chi connectivity index (χ0n) is 14.6. The molecule has 23 heavy (non-hydrogen) atoms. The lowest BCUT2D eigenvalue weighted by Crippen LogP contribution is -2.42. The number of amides is 1. The molecule has 1 aromatic carbocycles.